The molecule has 0 aliphatic rings. The highest BCUT2D eigenvalue weighted by Gasteiger charge is 2.26. The predicted octanol–water partition coefficient (Wildman–Crippen LogP) is 12.2. The Morgan fingerprint density at radius 1 is 0.550 bits per heavy atom. The summed E-state index contributed by atoms with van der Waals surface area (Å²) in [7, 11) is 0. The first kappa shape index (κ1) is 39.5. The number of anilines is 2. The molecular weight excluding hydrogens is 890 g/mol. The average Bonchev–Trinajstić information content (AvgIpc) is 3.81. The first-order valence-corrected chi connectivity index (χ1v) is 20.1. The van der Waals surface area contributed by atoms with Gasteiger partial charge in [-0.2, -0.15) is 9.36 Å². The minimum Gasteiger partial charge on any atom is -0.423 e. The Morgan fingerprint density at radius 2 is 1.07 bits per heavy atom. The van der Waals surface area contributed by atoms with Gasteiger partial charge in [0.05, 0.1) is 5.56 Å². The Kier molecular flexibility index (Phi) is 10.7. The Bertz CT molecular complexity index is 3360. The number of nitrogens with zero attached hydrogens (tertiary/aromatic N) is 4. The highest BCUT2D eigenvalue weighted by Crippen LogP contribution is 2.35. The summed E-state index contributed by atoms with van der Waals surface area (Å²) in [4.78, 5) is 25.5. The van der Waals surface area contributed by atoms with Gasteiger partial charge in [-0.05, 0) is 91.2 Å². The summed E-state index contributed by atoms with van der Waals surface area (Å²) in [6, 6.07) is 34.4. The number of rotatable bonds is 10. The Morgan fingerprint density at radius 3 is 1.63 bits per heavy atom. The number of nitrogens with one attached hydrogen (secondary N) is 2. The van der Waals surface area contributed by atoms with Gasteiger partial charge in [0.25, 0.3) is 15.6 Å². The molecule has 0 aliphatic heterocycles. The summed E-state index contributed by atoms with van der Waals surface area (Å²) in [5.41, 5.74) is 2.43. The maximum atomic E-state index is 13.0. The number of hydrogen-bond acceptors (Lipinski definition) is 12. The number of fused-ring (bicyclic) bond motifs is 2. The van der Waals surface area contributed by atoms with Crippen molar-refractivity contribution in [2.75, 3.05) is 10.6 Å². The van der Waals surface area contributed by atoms with Crippen molar-refractivity contribution in [3.63, 3.8) is 0 Å². The highest BCUT2D eigenvalue weighted by atomic mass is 35.5. The number of benzene rings is 5. The number of para-hydroxylation sites is 2. The summed E-state index contributed by atoms with van der Waals surface area (Å²) in [5.74, 6) is 0.0601. The molecule has 18 heteroatoms. The van der Waals surface area contributed by atoms with Gasteiger partial charge in [-0.3, -0.25) is 0 Å². The van der Waals surface area contributed by atoms with E-state index in [2.05, 4.69) is 15.7 Å². The van der Waals surface area contributed by atoms with Crippen LogP contribution in [0.2, 0.25) is 20.1 Å². The molecule has 2 unspecified atom stereocenters. The molecule has 4 aromatic heterocycles. The van der Waals surface area contributed by atoms with Crippen LogP contribution in [-0.4, -0.2) is 19.6 Å². The van der Waals surface area contributed by atoms with Gasteiger partial charge in [0.15, 0.2) is 12.3 Å². The molecule has 0 aliphatic carbocycles. The molecule has 0 fully saturated rings. The summed E-state index contributed by atoms with van der Waals surface area (Å²) >= 11 is 37.4. The number of hydrogen-bond donors (Lipinski definition) is 2. The van der Waals surface area contributed by atoms with E-state index in [4.69, 9.17) is 93.6 Å². The maximum absolute atomic E-state index is 13.0. The van der Waals surface area contributed by atoms with E-state index in [9.17, 15) is 9.59 Å². The van der Waals surface area contributed by atoms with E-state index in [-0.39, 0.29) is 27.0 Å². The molecule has 0 spiro atoms. The van der Waals surface area contributed by atoms with Crippen LogP contribution in [0.3, 0.4) is 0 Å². The van der Waals surface area contributed by atoms with Crippen LogP contribution in [0.5, 0.6) is 0 Å². The summed E-state index contributed by atoms with van der Waals surface area (Å²) < 4.78 is 25.6. The Balaban J connectivity index is 1.06. The summed E-state index contributed by atoms with van der Waals surface area (Å²) in [6.45, 7) is 0. The molecule has 4 heterocycles. The standard InChI is InChI=1S/C42H24Cl4N6O6S2/c43-22-9-15-27(31(45)18-22)36(51-41(59)57-38(49-51)29-20-35(53)55-34-8-4-2-6-26(29)34)47-24-11-13-25(14-12-24)48-37(28-16-10-23(44)19-32(28)46)52-42(60)58-39(50-52)30-17-21-5-1-3-7-33(21)56-40(30)54/h1-20,36-37,47-48H. The van der Waals surface area contributed by atoms with Gasteiger partial charge in [0.1, 0.15) is 16.7 Å². The number of aromatic nitrogens is 4. The lowest BCUT2D eigenvalue weighted by atomic mass is 10.1. The van der Waals surface area contributed by atoms with Gasteiger partial charge in [-0.25, -0.2) is 9.59 Å². The van der Waals surface area contributed by atoms with Gasteiger partial charge in [-0.15, -0.1) is 10.2 Å². The van der Waals surface area contributed by atoms with Crippen LogP contribution in [0.4, 0.5) is 11.4 Å². The Hall–Kier alpha value is -6.00. The second-order valence-electron chi connectivity index (χ2n) is 13.2. The zero-order valence-corrected chi connectivity index (χ0v) is 34.9. The molecule has 0 amide bonds. The minimum atomic E-state index is -0.838. The van der Waals surface area contributed by atoms with Crippen molar-refractivity contribution in [2.45, 2.75) is 12.3 Å². The molecule has 60 heavy (non-hydrogen) atoms. The van der Waals surface area contributed by atoms with E-state index >= 15 is 0 Å². The second-order valence-corrected chi connectivity index (χ2v) is 15.6. The van der Waals surface area contributed by atoms with E-state index < -0.39 is 23.6 Å². The average molecular weight is 915 g/mol. The highest BCUT2D eigenvalue weighted by molar-refractivity contribution is 7.71. The van der Waals surface area contributed by atoms with E-state index in [0.717, 1.165) is 0 Å². The monoisotopic (exact) mass is 912 g/mol. The minimum absolute atomic E-state index is 0.00278. The first-order chi connectivity index (χ1) is 29.0. The van der Waals surface area contributed by atoms with Gasteiger partial charge >= 0.3 is 11.3 Å². The second kappa shape index (κ2) is 16.2. The van der Waals surface area contributed by atoms with Crippen LogP contribution in [0.25, 0.3) is 44.8 Å². The topological polar surface area (TPSA) is 146 Å². The van der Waals surface area contributed by atoms with Crippen LogP contribution in [0.15, 0.2) is 149 Å². The van der Waals surface area contributed by atoms with Crippen molar-refractivity contribution in [1.29, 1.82) is 0 Å². The fraction of sp³-hybridized carbons (Fsp3) is 0.0476. The van der Waals surface area contributed by atoms with Crippen LogP contribution in [0.1, 0.15) is 23.5 Å². The zero-order valence-electron chi connectivity index (χ0n) is 30.3. The van der Waals surface area contributed by atoms with Crippen LogP contribution in [0, 0.1) is 9.67 Å². The van der Waals surface area contributed by atoms with Crippen LogP contribution < -0.4 is 21.9 Å². The number of halogens is 4. The third-order valence-electron chi connectivity index (χ3n) is 9.39. The maximum Gasteiger partial charge on any atom is 0.349 e. The van der Waals surface area contributed by atoms with Crippen molar-refractivity contribution < 1.29 is 17.7 Å². The largest absolute Gasteiger partial charge is 0.423 e. The summed E-state index contributed by atoms with van der Waals surface area (Å²) in [6.07, 6.45) is -1.65. The smallest absolute Gasteiger partial charge is 0.349 e. The van der Waals surface area contributed by atoms with Gasteiger partial charge in [0.2, 0.25) is 5.89 Å². The molecule has 0 radical (unpaired) electrons. The van der Waals surface area contributed by atoms with Crippen molar-refractivity contribution in [3.8, 4) is 22.9 Å². The molecule has 2 atom stereocenters. The van der Waals surface area contributed by atoms with Crippen molar-refractivity contribution >= 4 is 104 Å². The van der Waals surface area contributed by atoms with Crippen LogP contribution >= 0.6 is 70.8 Å². The molecular formula is C42H24Cl4N6O6S2. The van der Waals surface area contributed by atoms with E-state index in [1.54, 1.807) is 78.9 Å². The molecule has 2 N–H and O–H groups in total. The predicted molar refractivity (Wildman–Crippen MR) is 236 cm³/mol. The SMILES string of the molecule is O=c1cc(-c2nn(C(Nc3ccc(NC(c4ccc(Cl)cc4Cl)n4nc(-c5cc6ccccc6oc5=O)oc4=S)cc3)c3ccc(Cl)cc3Cl)c(=S)o2)c2ccccc2o1. The van der Waals surface area contributed by atoms with Crippen molar-refractivity contribution in [2.24, 2.45) is 0 Å². The van der Waals surface area contributed by atoms with Gasteiger partial charge < -0.3 is 28.3 Å². The quantitative estimate of drug-likeness (QED) is 0.0994. The fourth-order valence-electron chi connectivity index (χ4n) is 6.59. The summed E-state index contributed by atoms with van der Waals surface area (Å²) in [5, 5.41) is 19.0. The lowest BCUT2D eigenvalue weighted by Crippen LogP contribution is -2.22. The molecule has 5 aromatic carbocycles. The lowest BCUT2D eigenvalue weighted by Gasteiger charge is -2.23. The molecule has 0 saturated carbocycles. The van der Waals surface area contributed by atoms with Gasteiger partial charge in [-0.1, -0.05) is 94.9 Å². The van der Waals surface area contributed by atoms with Gasteiger partial charge in [0, 0.05) is 59.4 Å². The molecule has 12 nitrogen and oxygen atoms in total. The normalized spacial score (nSPS) is 12.5. The van der Waals surface area contributed by atoms with E-state index in [1.807, 2.05) is 36.4 Å². The molecule has 0 saturated heterocycles. The zero-order chi connectivity index (χ0) is 41.7. The van der Waals surface area contributed by atoms with Crippen molar-refractivity contribution in [1.82, 2.24) is 19.6 Å². The Labute approximate surface area is 368 Å². The van der Waals surface area contributed by atoms with Crippen molar-refractivity contribution in [3.05, 3.63) is 183 Å². The molecule has 9 aromatic rings. The molecule has 298 valence electrons. The fourth-order valence-corrected chi connectivity index (χ4v) is 8.06. The molecule has 9 rings (SSSR count). The van der Waals surface area contributed by atoms with E-state index in [0.29, 0.717) is 70.1 Å². The molecule has 0 bridgehead atoms. The first-order valence-electron chi connectivity index (χ1n) is 17.8. The van der Waals surface area contributed by atoms with E-state index in [1.165, 1.54) is 15.4 Å². The third kappa shape index (κ3) is 7.76. The van der Waals surface area contributed by atoms with Crippen LogP contribution in [-0.2, 0) is 0 Å². The lowest BCUT2D eigenvalue weighted by molar-refractivity contribution is 0.494. The third-order valence-corrected chi connectivity index (χ3v) is 11.1.